The Balaban J connectivity index is 1.55. The summed E-state index contributed by atoms with van der Waals surface area (Å²) in [5.41, 5.74) is 4.89. The first kappa shape index (κ1) is 21.9. The molecule has 166 valence electrons. The molecule has 5 rings (SSSR count). The van der Waals surface area contributed by atoms with Crippen molar-refractivity contribution < 1.29 is 4.79 Å². The minimum atomic E-state index is 0.0444. The molecule has 0 radical (unpaired) electrons. The van der Waals surface area contributed by atoms with Crippen LogP contribution in [0.3, 0.4) is 0 Å². The Morgan fingerprint density at radius 3 is 2.64 bits per heavy atom. The molecule has 1 amide bonds. The first-order valence-electron chi connectivity index (χ1n) is 11.4. The van der Waals surface area contributed by atoms with E-state index in [9.17, 15) is 10.1 Å². The third kappa shape index (κ3) is 4.01. The Morgan fingerprint density at radius 1 is 1.12 bits per heavy atom. The van der Waals surface area contributed by atoms with E-state index in [2.05, 4.69) is 29.7 Å². The minimum absolute atomic E-state index is 0.0444. The van der Waals surface area contributed by atoms with Crippen molar-refractivity contribution in [1.82, 2.24) is 9.47 Å². The number of hydrogen-bond donors (Lipinski definition) is 0. The Hall–Kier alpha value is -2.88. The van der Waals surface area contributed by atoms with Crippen molar-refractivity contribution in [2.24, 2.45) is 0 Å². The summed E-state index contributed by atoms with van der Waals surface area (Å²) < 4.78 is 2.92. The number of nitriles is 1. The number of para-hydroxylation sites is 1. The number of aromatic nitrogens is 1. The highest BCUT2D eigenvalue weighted by Crippen LogP contribution is 2.39. The summed E-state index contributed by atoms with van der Waals surface area (Å²) in [5, 5.41) is 10.6. The van der Waals surface area contributed by atoms with E-state index in [1.807, 2.05) is 47.4 Å². The van der Waals surface area contributed by atoms with Crippen LogP contribution < -0.4 is 0 Å². The van der Waals surface area contributed by atoms with Crippen LogP contribution in [-0.2, 0) is 11.3 Å². The maximum absolute atomic E-state index is 13.4. The number of fused-ring (bicyclic) bond motifs is 1. The molecule has 0 bridgehead atoms. The smallest absolute Gasteiger partial charge is 0.266 e. The Labute approximate surface area is 203 Å². The van der Waals surface area contributed by atoms with Crippen LogP contribution in [0.25, 0.3) is 17.0 Å². The van der Waals surface area contributed by atoms with Crippen molar-refractivity contribution in [1.29, 1.82) is 5.26 Å². The molecule has 0 spiro atoms. The highest BCUT2D eigenvalue weighted by atomic mass is 32.2. The molecular formula is C27H25N3OS2. The van der Waals surface area contributed by atoms with E-state index in [4.69, 9.17) is 12.2 Å². The van der Waals surface area contributed by atoms with Gasteiger partial charge < -0.3 is 4.57 Å². The zero-order chi connectivity index (χ0) is 22.9. The Bertz CT molecular complexity index is 1320. The number of rotatable bonds is 4. The van der Waals surface area contributed by atoms with E-state index in [1.54, 1.807) is 0 Å². The molecule has 2 fully saturated rings. The molecule has 1 aliphatic carbocycles. The van der Waals surface area contributed by atoms with Crippen LogP contribution in [-0.4, -0.2) is 25.7 Å². The Kier molecular flexibility index (Phi) is 6.09. The molecule has 6 heteroatoms. The van der Waals surface area contributed by atoms with Gasteiger partial charge in [-0.05, 0) is 43.5 Å². The van der Waals surface area contributed by atoms with Gasteiger partial charge in [0.25, 0.3) is 5.91 Å². The van der Waals surface area contributed by atoms with Crippen LogP contribution in [0.1, 0.15) is 54.5 Å². The van der Waals surface area contributed by atoms with Gasteiger partial charge in [-0.3, -0.25) is 9.69 Å². The lowest BCUT2D eigenvalue weighted by molar-refractivity contribution is -0.124. The second-order valence-corrected chi connectivity index (χ2v) is 10.4. The maximum atomic E-state index is 13.4. The highest BCUT2D eigenvalue weighted by molar-refractivity contribution is 8.26. The molecule has 1 aromatic heterocycles. The summed E-state index contributed by atoms with van der Waals surface area (Å²) in [6.07, 6.45) is 7.67. The average Bonchev–Trinajstić information content (AvgIpc) is 3.27. The summed E-state index contributed by atoms with van der Waals surface area (Å²) in [4.78, 5) is 15.9. The fraction of sp³-hybridized carbons (Fsp3) is 0.296. The Morgan fingerprint density at radius 2 is 1.85 bits per heavy atom. The van der Waals surface area contributed by atoms with Gasteiger partial charge >= 0.3 is 0 Å². The predicted octanol–water partition coefficient (Wildman–Crippen LogP) is 6.40. The zero-order valence-corrected chi connectivity index (χ0v) is 20.2. The number of thioether (sulfide) groups is 1. The molecule has 4 nitrogen and oxygen atoms in total. The molecule has 0 atom stereocenters. The van der Waals surface area contributed by atoms with E-state index in [-0.39, 0.29) is 11.9 Å². The van der Waals surface area contributed by atoms with E-state index in [1.165, 1.54) is 18.2 Å². The molecule has 2 aliphatic rings. The molecule has 0 unspecified atom stereocenters. The average molecular weight is 472 g/mol. The summed E-state index contributed by atoms with van der Waals surface area (Å²) in [5.74, 6) is 0.0444. The van der Waals surface area contributed by atoms with Gasteiger partial charge in [0.2, 0.25) is 0 Å². The van der Waals surface area contributed by atoms with Crippen LogP contribution in [0, 0.1) is 18.3 Å². The molecule has 3 aromatic rings. The summed E-state index contributed by atoms with van der Waals surface area (Å²) in [6.45, 7) is 2.69. The van der Waals surface area contributed by atoms with Crippen molar-refractivity contribution in [3.8, 4) is 6.07 Å². The monoisotopic (exact) mass is 471 g/mol. The van der Waals surface area contributed by atoms with Gasteiger partial charge in [0.1, 0.15) is 4.32 Å². The van der Waals surface area contributed by atoms with Gasteiger partial charge in [0.15, 0.2) is 0 Å². The van der Waals surface area contributed by atoms with E-state index in [0.717, 1.165) is 53.4 Å². The van der Waals surface area contributed by atoms with Crippen LogP contribution in [0.4, 0.5) is 0 Å². The van der Waals surface area contributed by atoms with Crippen molar-refractivity contribution in [2.75, 3.05) is 0 Å². The predicted molar refractivity (Wildman–Crippen MR) is 139 cm³/mol. The highest BCUT2D eigenvalue weighted by Gasteiger charge is 2.37. The maximum Gasteiger partial charge on any atom is 0.266 e. The second kappa shape index (κ2) is 9.17. The molecule has 2 heterocycles. The van der Waals surface area contributed by atoms with E-state index < -0.39 is 0 Å². The summed E-state index contributed by atoms with van der Waals surface area (Å²) >= 11 is 7.05. The lowest BCUT2D eigenvalue weighted by atomic mass is 9.94. The topological polar surface area (TPSA) is 49.0 Å². The largest absolute Gasteiger partial charge is 0.340 e. The normalized spacial score (nSPS) is 18.4. The van der Waals surface area contributed by atoms with E-state index >= 15 is 0 Å². The first-order valence-corrected chi connectivity index (χ1v) is 12.6. The molecule has 1 saturated heterocycles. The fourth-order valence-electron chi connectivity index (χ4n) is 5.05. The van der Waals surface area contributed by atoms with Gasteiger partial charge in [-0.2, -0.15) is 5.26 Å². The molecule has 1 saturated carbocycles. The number of benzene rings is 2. The van der Waals surface area contributed by atoms with Gasteiger partial charge in [-0.25, -0.2) is 0 Å². The third-order valence-electron chi connectivity index (χ3n) is 6.78. The number of nitrogens with zero attached hydrogens (tertiary/aromatic N) is 3. The molecular weight excluding hydrogens is 446 g/mol. The number of carbonyl (C=O) groups is 1. The zero-order valence-electron chi connectivity index (χ0n) is 18.6. The van der Waals surface area contributed by atoms with Crippen molar-refractivity contribution in [3.05, 3.63) is 75.8 Å². The molecule has 1 aliphatic heterocycles. The second-order valence-electron chi connectivity index (χ2n) is 8.71. The van der Waals surface area contributed by atoms with Crippen LogP contribution in [0.5, 0.6) is 0 Å². The number of amides is 1. The fourth-order valence-corrected chi connectivity index (χ4v) is 6.43. The number of carbonyl (C=O) groups excluding carboxylic acids is 1. The molecule has 2 aromatic carbocycles. The quantitative estimate of drug-likeness (QED) is 0.326. The number of thiocarbonyl (C=S) groups is 1. The van der Waals surface area contributed by atoms with Crippen molar-refractivity contribution in [2.45, 2.75) is 51.6 Å². The van der Waals surface area contributed by atoms with Crippen molar-refractivity contribution in [3.63, 3.8) is 0 Å². The van der Waals surface area contributed by atoms with Crippen LogP contribution >= 0.6 is 24.0 Å². The minimum Gasteiger partial charge on any atom is -0.340 e. The lowest BCUT2D eigenvalue weighted by Crippen LogP contribution is -2.39. The molecule has 33 heavy (non-hydrogen) atoms. The van der Waals surface area contributed by atoms with Crippen molar-refractivity contribution >= 4 is 51.2 Å². The molecule has 0 N–H and O–H groups in total. The van der Waals surface area contributed by atoms with Gasteiger partial charge in [0.05, 0.1) is 16.5 Å². The van der Waals surface area contributed by atoms with E-state index in [0.29, 0.717) is 21.3 Å². The summed E-state index contributed by atoms with van der Waals surface area (Å²) in [7, 11) is 0. The lowest BCUT2D eigenvalue weighted by Gasteiger charge is -2.29. The van der Waals surface area contributed by atoms with Crippen LogP contribution in [0.2, 0.25) is 0 Å². The third-order valence-corrected chi connectivity index (χ3v) is 8.12. The summed E-state index contributed by atoms with van der Waals surface area (Å²) in [6, 6.07) is 18.5. The number of hydrogen-bond acceptors (Lipinski definition) is 4. The first-order chi connectivity index (χ1) is 16.1. The van der Waals surface area contributed by atoms with Crippen LogP contribution in [0.15, 0.2) is 53.4 Å². The standard InChI is InChI=1S/C27H25N3OS2/c1-18-23(15-25-26(31)30(27(32)33-25)21-11-3-2-4-12-21)22-13-7-8-14-24(22)29(18)17-20-10-6-5-9-19(20)16-28/h5-10,13-15,21H,2-4,11-12,17H2,1H3/b25-15+. The SMILES string of the molecule is Cc1c(/C=C2/SC(=S)N(C3CCCCC3)C2=O)c2ccccc2n1Cc1ccccc1C#N. The van der Waals surface area contributed by atoms with Gasteiger partial charge in [-0.15, -0.1) is 0 Å². The van der Waals surface area contributed by atoms with Gasteiger partial charge in [0, 0.05) is 34.7 Å². The van der Waals surface area contributed by atoms with Gasteiger partial charge in [-0.1, -0.05) is 79.6 Å².